The average Bonchev–Trinajstić information content (AvgIpc) is 2.48. The molecule has 2 nitrogen and oxygen atoms in total. The molecule has 3 rings (SSSR count). The Morgan fingerprint density at radius 1 is 0.857 bits per heavy atom. The molecule has 1 fully saturated rings. The highest BCUT2D eigenvalue weighted by molar-refractivity contribution is 5.49. The lowest BCUT2D eigenvalue weighted by atomic mass is 9.62. The van der Waals surface area contributed by atoms with Crippen molar-refractivity contribution in [3.63, 3.8) is 0 Å². The third-order valence-corrected chi connectivity index (χ3v) is 4.92. The van der Waals surface area contributed by atoms with E-state index in [1.54, 1.807) is 0 Å². The summed E-state index contributed by atoms with van der Waals surface area (Å²) in [4.78, 5) is 0. The van der Waals surface area contributed by atoms with Crippen molar-refractivity contribution >= 4 is 11.4 Å². The minimum absolute atomic E-state index is 0.110. The minimum Gasteiger partial charge on any atom is -0.399 e. The molecule has 0 aromatic heterocycles. The van der Waals surface area contributed by atoms with E-state index in [4.69, 9.17) is 11.5 Å². The molecule has 0 heterocycles. The molecule has 1 aliphatic carbocycles. The van der Waals surface area contributed by atoms with E-state index < -0.39 is 0 Å². The van der Waals surface area contributed by atoms with Gasteiger partial charge in [0.1, 0.15) is 0 Å². The van der Waals surface area contributed by atoms with Crippen LogP contribution < -0.4 is 11.5 Å². The van der Waals surface area contributed by atoms with Crippen LogP contribution in [0.5, 0.6) is 0 Å². The first-order valence-corrected chi connectivity index (χ1v) is 7.82. The molecular formula is C19H24N2. The normalized spacial score (nSPS) is 21.1. The lowest BCUT2D eigenvalue weighted by molar-refractivity contribution is 0.272. The molecule has 1 unspecified atom stereocenters. The van der Waals surface area contributed by atoms with Gasteiger partial charge in [0.2, 0.25) is 0 Å². The van der Waals surface area contributed by atoms with Crippen LogP contribution in [0.4, 0.5) is 11.4 Å². The van der Waals surface area contributed by atoms with Crippen LogP contribution in [-0.2, 0) is 5.41 Å². The van der Waals surface area contributed by atoms with Crippen molar-refractivity contribution < 1.29 is 0 Å². The summed E-state index contributed by atoms with van der Waals surface area (Å²) in [6.07, 6.45) is 4.99. The van der Waals surface area contributed by atoms with Gasteiger partial charge in [-0.25, -0.2) is 0 Å². The summed E-state index contributed by atoms with van der Waals surface area (Å²) in [5.41, 5.74) is 16.3. The van der Waals surface area contributed by atoms with Gasteiger partial charge in [-0.1, -0.05) is 44.0 Å². The number of anilines is 2. The first-order chi connectivity index (χ1) is 10.1. The van der Waals surface area contributed by atoms with Crippen LogP contribution in [0.3, 0.4) is 0 Å². The Morgan fingerprint density at radius 3 is 1.76 bits per heavy atom. The van der Waals surface area contributed by atoms with Crippen molar-refractivity contribution in [1.29, 1.82) is 0 Å². The molecule has 0 saturated heterocycles. The summed E-state index contributed by atoms with van der Waals surface area (Å²) in [7, 11) is 0. The predicted molar refractivity (Wildman–Crippen MR) is 90.1 cm³/mol. The maximum atomic E-state index is 5.87. The molecule has 2 aromatic carbocycles. The van der Waals surface area contributed by atoms with Crippen molar-refractivity contribution in [3.8, 4) is 0 Å². The number of rotatable bonds is 2. The van der Waals surface area contributed by atoms with Gasteiger partial charge in [0.05, 0.1) is 0 Å². The molecule has 0 spiro atoms. The lowest BCUT2D eigenvalue weighted by Crippen LogP contribution is -2.33. The van der Waals surface area contributed by atoms with Gasteiger partial charge in [-0.05, 0) is 54.2 Å². The molecule has 2 heteroatoms. The summed E-state index contributed by atoms with van der Waals surface area (Å²) < 4.78 is 0. The zero-order valence-corrected chi connectivity index (χ0v) is 12.7. The monoisotopic (exact) mass is 280 g/mol. The summed E-state index contributed by atoms with van der Waals surface area (Å²) in [5, 5.41) is 0. The number of nitrogens with two attached hydrogens (primary N) is 2. The van der Waals surface area contributed by atoms with E-state index in [9.17, 15) is 0 Å². The molecule has 4 N–H and O–H groups in total. The first kappa shape index (κ1) is 14.0. The van der Waals surface area contributed by atoms with Crippen molar-refractivity contribution in [2.75, 3.05) is 11.5 Å². The van der Waals surface area contributed by atoms with Gasteiger partial charge in [-0.3, -0.25) is 0 Å². The van der Waals surface area contributed by atoms with Crippen LogP contribution in [-0.4, -0.2) is 0 Å². The molecule has 0 aliphatic heterocycles. The van der Waals surface area contributed by atoms with E-state index in [-0.39, 0.29) is 5.41 Å². The molecular weight excluding hydrogens is 256 g/mol. The maximum absolute atomic E-state index is 5.87. The first-order valence-electron chi connectivity index (χ1n) is 7.82. The van der Waals surface area contributed by atoms with E-state index in [1.807, 2.05) is 24.3 Å². The number of hydrogen-bond acceptors (Lipinski definition) is 2. The Balaban J connectivity index is 2.10. The van der Waals surface area contributed by atoms with Gasteiger partial charge >= 0.3 is 0 Å². The van der Waals surface area contributed by atoms with E-state index in [1.165, 1.54) is 36.8 Å². The van der Waals surface area contributed by atoms with Crippen LogP contribution in [0.2, 0.25) is 0 Å². The minimum atomic E-state index is 0.110. The Kier molecular flexibility index (Phi) is 3.62. The maximum Gasteiger partial charge on any atom is 0.0314 e. The predicted octanol–water partition coefficient (Wildman–Crippen LogP) is 4.35. The van der Waals surface area contributed by atoms with E-state index >= 15 is 0 Å². The fourth-order valence-electron chi connectivity index (χ4n) is 3.85. The SMILES string of the molecule is CC1CCCC(c2ccc(N)cc2)(c2ccc(N)cc2)C1. The van der Waals surface area contributed by atoms with Gasteiger partial charge in [-0.2, -0.15) is 0 Å². The van der Waals surface area contributed by atoms with Gasteiger partial charge in [-0.15, -0.1) is 0 Å². The largest absolute Gasteiger partial charge is 0.399 e. The van der Waals surface area contributed by atoms with Crippen molar-refractivity contribution in [2.24, 2.45) is 5.92 Å². The standard InChI is InChI=1S/C19H24N2/c1-14-3-2-12-19(13-14,15-4-8-17(20)9-5-15)16-6-10-18(21)11-7-16/h4-11,14H,2-3,12-13,20-21H2,1H3. The summed E-state index contributed by atoms with van der Waals surface area (Å²) >= 11 is 0. The van der Waals surface area contributed by atoms with Crippen molar-refractivity contribution in [1.82, 2.24) is 0 Å². The summed E-state index contributed by atoms with van der Waals surface area (Å²) in [6.45, 7) is 2.36. The van der Waals surface area contributed by atoms with Crippen LogP contribution in [0.1, 0.15) is 43.7 Å². The molecule has 21 heavy (non-hydrogen) atoms. The van der Waals surface area contributed by atoms with Crippen LogP contribution in [0, 0.1) is 5.92 Å². The molecule has 2 aromatic rings. The van der Waals surface area contributed by atoms with Gasteiger partial charge < -0.3 is 11.5 Å². The summed E-state index contributed by atoms with van der Waals surface area (Å²) in [5.74, 6) is 0.744. The quantitative estimate of drug-likeness (QED) is 0.804. The second-order valence-corrected chi connectivity index (χ2v) is 6.53. The third kappa shape index (κ3) is 2.63. The number of nitrogen functional groups attached to an aromatic ring is 2. The van der Waals surface area contributed by atoms with E-state index in [0.29, 0.717) is 0 Å². The third-order valence-electron chi connectivity index (χ3n) is 4.92. The summed E-state index contributed by atoms with van der Waals surface area (Å²) in [6, 6.07) is 16.9. The molecule has 0 bridgehead atoms. The topological polar surface area (TPSA) is 52.0 Å². The highest BCUT2D eigenvalue weighted by Gasteiger charge is 2.37. The molecule has 1 aliphatic rings. The average molecular weight is 280 g/mol. The molecule has 110 valence electrons. The molecule has 0 amide bonds. The highest BCUT2D eigenvalue weighted by atomic mass is 14.5. The van der Waals surface area contributed by atoms with E-state index in [0.717, 1.165) is 17.3 Å². The second kappa shape index (κ2) is 5.44. The fraction of sp³-hybridized carbons (Fsp3) is 0.368. The van der Waals surface area contributed by atoms with Crippen molar-refractivity contribution in [3.05, 3.63) is 59.7 Å². The number of benzene rings is 2. The van der Waals surface area contributed by atoms with Crippen LogP contribution >= 0.6 is 0 Å². The zero-order valence-electron chi connectivity index (χ0n) is 12.7. The molecule has 0 radical (unpaired) electrons. The number of hydrogen-bond donors (Lipinski definition) is 2. The lowest BCUT2D eigenvalue weighted by Gasteiger charge is -2.41. The Labute approximate surface area is 127 Å². The smallest absolute Gasteiger partial charge is 0.0314 e. The highest BCUT2D eigenvalue weighted by Crippen LogP contribution is 2.47. The molecule has 1 saturated carbocycles. The van der Waals surface area contributed by atoms with Gasteiger partial charge in [0, 0.05) is 16.8 Å². The Morgan fingerprint density at radius 2 is 1.33 bits per heavy atom. The molecule has 1 atom stereocenters. The van der Waals surface area contributed by atoms with Gasteiger partial charge in [0.25, 0.3) is 0 Å². The Hall–Kier alpha value is -1.96. The zero-order chi connectivity index (χ0) is 14.9. The van der Waals surface area contributed by atoms with Crippen LogP contribution in [0.15, 0.2) is 48.5 Å². The fourth-order valence-corrected chi connectivity index (χ4v) is 3.85. The van der Waals surface area contributed by atoms with E-state index in [2.05, 4.69) is 31.2 Å². The van der Waals surface area contributed by atoms with Crippen molar-refractivity contribution in [2.45, 2.75) is 38.0 Å². The Bertz CT molecular complexity index is 553. The second-order valence-electron chi connectivity index (χ2n) is 6.53. The van der Waals surface area contributed by atoms with Crippen LogP contribution in [0.25, 0.3) is 0 Å². The van der Waals surface area contributed by atoms with Gasteiger partial charge in [0.15, 0.2) is 0 Å².